The van der Waals surface area contributed by atoms with Crippen molar-refractivity contribution in [3.05, 3.63) is 46.2 Å². The lowest BCUT2D eigenvalue weighted by atomic mass is 9.96. The van der Waals surface area contributed by atoms with Crippen molar-refractivity contribution in [2.24, 2.45) is 5.92 Å². The van der Waals surface area contributed by atoms with Gasteiger partial charge in [-0.15, -0.1) is 0 Å². The number of H-pyrrole nitrogens is 1. The summed E-state index contributed by atoms with van der Waals surface area (Å²) in [6, 6.07) is 6.61. The van der Waals surface area contributed by atoms with Gasteiger partial charge in [-0.2, -0.15) is 18.3 Å². The zero-order valence-corrected chi connectivity index (χ0v) is 13.2. The van der Waals surface area contributed by atoms with Gasteiger partial charge in [0.25, 0.3) is 5.56 Å². The molecular weight excluding hydrogens is 335 g/mol. The van der Waals surface area contributed by atoms with Gasteiger partial charge in [-0.25, -0.2) is 5.10 Å². The maximum atomic E-state index is 13.5. The van der Waals surface area contributed by atoms with Crippen LogP contribution in [0.5, 0.6) is 0 Å². The van der Waals surface area contributed by atoms with E-state index in [-0.39, 0.29) is 22.9 Å². The van der Waals surface area contributed by atoms with Crippen LogP contribution < -0.4 is 10.5 Å². The van der Waals surface area contributed by atoms with Crippen molar-refractivity contribution in [1.82, 2.24) is 10.2 Å². The molecule has 25 heavy (non-hydrogen) atoms. The number of nitrogens with one attached hydrogen (secondary N) is 1. The molecule has 3 rings (SSSR count). The molecule has 0 amide bonds. The minimum absolute atomic E-state index is 0.0878. The van der Waals surface area contributed by atoms with Crippen LogP contribution in [0.3, 0.4) is 0 Å². The molecule has 1 aliphatic heterocycles. The molecule has 0 atom stereocenters. The number of carbonyl (C=O) groups is 1. The molecule has 2 aromatic rings. The van der Waals surface area contributed by atoms with Crippen molar-refractivity contribution in [3.63, 3.8) is 0 Å². The maximum absolute atomic E-state index is 13.5. The van der Waals surface area contributed by atoms with Crippen LogP contribution in [-0.4, -0.2) is 29.6 Å². The first-order valence-electron chi connectivity index (χ1n) is 7.86. The topological polar surface area (TPSA) is 66.1 Å². The van der Waals surface area contributed by atoms with E-state index in [1.54, 1.807) is 11.0 Å². The van der Waals surface area contributed by atoms with Crippen molar-refractivity contribution < 1.29 is 18.0 Å². The van der Waals surface area contributed by atoms with E-state index in [0.717, 1.165) is 12.4 Å². The SMILES string of the molecule is O=CC1CCN(c2ccc(-c3ccc(=O)[nH]n3)cc2C(F)(F)F)CC1. The summed E-state index contributed by atoms with van der Waals surface area (Å²) in [5.41, 5.74) is -0.534. The standard InChI is InChI=1S/C17H16F3N3O2/c18-17(19,20)13-9-12(14-2-4-16(25)22-21-14)1-3-15(13)23-7-5-11(10-24)6-8-23/h1-4,9-11H,5-8H2,(H,22,25). The lowest BCUT2D eigenvalue weighted by molar-refractivity contribution is -0.137. The molecule has 1 aliphatic rings. The lowest BCUT2D eigenvalue weighted by Gasteiger charge is -2.33. The summed E-state index contributed by atoms with van der Waals surface area (Å²) in [6.07, 6.45) is -2.56. The summed E-state index contributed by atoms with van der Waals surface area (Å²) >= 11 is 0. The van der Waals surface area contributed by atoms with E-state index in [9.17, 15) is 22.8 Å². The van der Waals surface area contributed by atoms with Crippen molar-refractivity contribution in [1.29, 1.82) is 0 Å². The number of alkyl halides is 3. The summed E-state index contributed by atoms with van der Waals surface area (Å²) in [6.45, 7) is 0.811. The first-order valence-corrected chi connectivity index (χ1v) is 7.86. The van der Waals surface area contributed by atoms with Crippen LogP contribution in [0.4, 0.5) is 18.9 Å². The van der Waals surface area contributed by atoms with Crippen molar-refractivity contribution in [3.8, 4) is 11.3 Å². The number of halogens is 3. The van der Waals surface area contributed by atoms with Gasteiger partial charge < -0.3 is 9.69 Å². The third-order valence-electron chi connectivity index (χ3n) is 4.35. The number of rotatable bonds is 3. The third kappa shape index (κ3) is 3.72. The Balaban J connectivity index is 1.97. The highest BCUT2D eigenvalue weighted by atomic mass is 19.4. The summed E-state index contributed by atoms with van der Waals surface area (Å²) < 4.78 is 40.6. The molecule has 1 N–H and O–H groups in total. The van der Waals surface area contributed by atoms with Crippen molar-refractivity contribution in [2.45, 2.75) is 19.0 Å². The van der Waals surface area contributed by atoms with Gasteiger partial charge in [0, 0.05) is 36.3 Å². The number of benzene rings is 1. The number of anilines is 1. The zero-order valence-electron chi connectivity index (χ0n) is 13.2. The lowest BCUT2D eigenvalue weighted by Crippen LogP contribution is -2.35. The van der Waals surface area contributed by atoms with Crippen LogP contribution in [0.1, 0.15) is 18.4 Å². The first-order chi connectivity index (χ1) is 11.9. The van der Waals surface area contributed by atoms with Crippen LogP contribution in [0, 0.1) is 5.92 Å². The molecule has 0 spiro atoms. The monoisotopic (exact) mass is 351 g/mol. The summed E-state index contributed by atoms with van der Waals surface area (Å²) in [5, 5.41) is 5.99. The fraction of sp³-hybridized carbons (Fsp3) is 0.353. The number of carbonyl (C=O) groups excluding carboxylic acids is 1. The van der Waals surface area contributed by atoms with Gasteiger partial charge in [-0.05, 0) is 31.0 Å². The first kappa shape index (κ1) is 17.2. The predicted molar refractivity (Wildman–Crippen MR) is 86.3 cm³/mol. The maximum Gasteiger partial charge on any atom is 0.418 e. The molecule has 0 unspecified atom stereocenters. The largest absolute Gasteiger partial charge is 0.418 e. The number of piperidine rings is 1. The molecule has 1 aromatic carbocycles. The second kappa shape index (κ2) is 6.70. The Labute approximate surface area is 141 Å². The van der Waals surface area contributed by atoms with E-state index >= 15 is 0 Å². The van der Waals surface area contributed by atoms with E-state index in [0.29, 0.717) is 25.9 Å². The van der Waals surface area contributed by atoms with Gasteiger partial charge in [0.2, 0.25) is 0 Å². The predicted octanol–water partition coefficient (Wildman–Crippen LogP) is 2.87. The van der Waals surface area contributed by atoms with Gasteiger partial charge >= 0.3 is 6.18 Å². The average molecular weight is 351 g/mol. The van der Waals surface area contributed by atoms with Gasteiger partial charge in [0.1, 0.15) is 6.29 Å². The highest BCUT2D eigenvalue weighted by Gasteiger charge is 2.36. The number of aromatic amines is 1. The van der Waals surface area contributed by atoms with E-state index < -0.39 is 17.3 Å². The van der Waals surface area contributed by atoms with E-state index in [2.05, 4.69) is 10.2 Å². The highest BCUT2D eigenvalue weighted by Crippen LogP contribution is 2.39. The highest BCUT2D eigenvalue weighted by molar-refractivity contribution is 5.67. The Hall–Kier alpha value is -2.64. The molecule has 1 aromatic heterocycles. The fourth-order valence-corrected chi connectivity index (χ4v) is 2.98. The van der Waals surface area contributed by atoms with Gasteiger partial charge in [0.15, 0.2) is 0 Å². The Morgan fingerprint density at radius 1 is 1.16 bits per heavy atom. The Kier molecular flexibility index (Phi) is 4.61. The smallest absolute Gasteiger partial charge is 0.371 e. The number of hydrogen-bond acceptors (Lipinski definition) is 4. The van der Waals surface area contributed by atoms with Crippen LogP contribution >= 0.6 is 0 Å². The zero-order chi connectivity index (χ0) is 18.0. The Bertz CT molecular complexity index is 804. The van der Waals surface area contributed by atoms with Gasteiger partial charge in [-0.1, -0.05) is 6.07 Å². The second-order valence-corrected chi connectivity index (χ2v) is 6.00. The molecule has 1 saturated heterocycles. The number of hydrogen-bond donors (Lipinski definition) is 1. The molecule has 5 nitrogen and oxygen atoms in total. The molecular formula is C17H16F3N3O2. The number of nitrogens with zero attached hydrogens (tertiary/aromatic N) is 2. The van der Waals surface area contributed by atoms with E-state index in [1.165, 1.54) is 18.2 Å². The van der Waals surface area contributed by atoms with E-state index in [4.69, 9.17) is 0 Å². The van der Waals surface area contributed by atoms with Crippen LogP contribution in [0.2, 0.25) is 0 Å². The molecule has 0 saturated carbocycles. The van der Waals surface area contributed by atoms with Crippen LogP contribution in [0.25, 0.3) is 11.3 Å². The molecule has 0 aliphatic carbocycles. The van der Waals surface area contributed by atoms with Crippen LogP contribution in [0.15, 0.2) is 35.1 Å². The molecule has 8 heteroatoms. The summed E-state index contributed by atoms with van der Waals surface area (Å²) in [4.78, 5) is 23.5. The van der Waals surface area contributed by atoms with Crippen LogP contribution in [-0.2, 0) is 11.0 Å². The third-order valence-corrected chi connectivity index (χ3v) is 4.35. The summed E-state index contributed by atoms with van der Waals surface area (Å²) in [7, 11) is 0. The number of aromatic nitrogens is 2. The van der Waals surface area contributed by atoms with E-state index in [1.807, 2.05) is 0 Å². The average Bonchev–Trinajstić information content (AvgIpc) is 2.61. The molecule has 0 radical (unpaired) electrons. The Morgan fingerprint density at radius 3 is 2.44 bits per heavy atom. The fourth-order valence-electron chi connectivity index (χ4n) is 2.98. The van der Waals surface area contributed by atoms with Crippen molar-refractivity contribution in [2.75, 3.05) is 18.0 Å². The van der Waals surface area contributed by atoms with Crippen molar-refractivity contribution >= 4 is 12.0 Å². The minimum atomic E-state index is -4.52. The second-order valence-electron chi connectivity index (χ2n) is 6.00. The minimum Gasteiger partial charge on any atom is -0.371 e. The summed E-state index contributed by atoms with van der Waals surface area (Å²) in [5.74, 6) is -0.0878. The normalized spacial score (nSPS) is 16.0. The number of aldehydes is 1. The quantitative estimate of drug-likeness (QED) is 0.864. The van der Waals surface area contributed by atoms with Gasteiger partial charge in [0.05, 0.1) is 11.3 Å². The molecule has 0 bridgehead atoms. The Morgan fingerprint density at radius 2 is 1.88 bits per heavy atom. The molecule has 2 heterocycles. The van der Waals surface area contributed by atoms with Gasteiger partial charge in [-0.3, -0.25) is 4.79 Å². The molecule has 1 fully saturated rings. The molecule has 132 valence electrons.